The maximum Gasteiger partial charge on any atom is 0.192 e. The van der Waals surface area contributed by atoms with Crippen molar-refractivity contribution in [3.8, 4) is 0 Å². The zero-order valence-corrected chi connectivity index (χ0v) is 11.7. The molecule has 0 atom stereocenters. The van der Waals surface area contributed by atoms with Crippen LogP contribution >= 0.6 is 23.1 Å². The van der Waals surface area contributed by atoms with Gasteiger partial charge in [-0.1, -0.05) is 11.8 Å². The van der Waals surface area contributed by atoms with Gasteiger partial charge in [-0.3, -0.25) is 0 Å². The van der Waals surface area contributed by atoms with E-state index in [0.717, 1.165) is 28.6 Å². The molecule has 1 fully saturated rings. The highest BCUT2D eigenvalue weighted by molar-refractivity contribution is 8.00. The number of likely N-dealkylation sites (tertiary alicyclic amines) is 1. The number of thioether (sulfide) groups is 1. The molecule has 0 spiro atoms. The van der Waals surface area contributed by atoms with Crippen molar-refractivity contribution in [1.82, 2.24) is 9.88 Å². The molecule has 8 heteroatoms. The van der Waals surface area contributed by atoms with E-state index in [1.165, 1.54) is 0 Å². The molecule has 98 valence electrons. The third-order valence-electron chi connectivity index (χ3n) is 2.69. The van der Waals surface area contributed by atoms with E-state index in [9.17, 15) is 10.1 Å². The van der Waals surface area contributed by atoms with Gasteiger partial charge in [0.05, 0.1) is 11.6 Å². The number of piperidine rings is 1. The van der Waals surface area contributed by atoms with Gasteiger partial charge in [0.15, 0.2) is 10.9 Å². The number of hydrogen-bond donors (Lipinski definition) is 0. The van der Waals surface area contributed by atoms with Crippen LogP contribution in [0.4, 0.5) is 0 Å². The van der Waals surface area contributed by atoms with Crippen LogP contribution in [0.15, 0.2) is 15.6 Å². The third kappa shape index (κ3) is 3.42. The van der Waals surface area contributed by atoms with Crippen LogP contribution in [0.25, 0.3) is 0 Å². The van der Waals surface area contributed by atoms with Crippen molar-refractivity contribution in [3.05, 3.63) is 21.2 Å². The van der Waals surface area contributed by atoms with Gasteiger partial charge in [0.1, 0.15) is 4.34 Å². The van der Waals surface area contributed by atoms with Crippen LogP contribution in [0, 0.1) is 10.1 Å². The Morgan fingerprint density at radius 1 is 1.67 bits per heavy atom. The SMILES string of the molecule is CSc1ncc(CN2CCCC/C2=N\[N+](=O)[O-])s1. The highest BCUT2D eigenvalue weighted by atomic mass is 32.2. The smallest absolute Gasteiger partial charge is 0.192 e. The van der Waals surface area contributed by atoms with Crippen molar-refractivity contribution >= 4 is 28.9 Å². The van der Waals surface area contributed by atoms with Crippen molar-refractivity contribution in [2.75, 3.05) is 12.8 Å². The number of hydrazone groups is 1. The van der Waals surface area contributed by atoms with E-state index < -0.39 is 5.03 Å². The fourth-order valence-corrected chi connectivity index (χ4v) is 3.36. The lowest BCUT2D eigenvalue weighted by molar-refractivity contribution is -0.485. The molecule has 1 saturated heterocycles. The van der Waals surface area contributed by atoms with Crippen molar-refractivity contribution in [2.24, 2.45) is 5.10 Å². The number of rotatable bonds is 4. The first kappa shape index (κ1) is 13.3. The van der Waals surface area contributed by atoms with Gasteiger partial charge in [-0.15, -0.1) is 11.3 Å². The fourth-order valence-electron chi connectivity index (χ4n) is 1.90. The fraction of sp³-hybridized carbons (Fsp3) is 0.600. The Labute approximate surface area is 113 Å². The van der Waals surface area contributed by atoms with E-state index in [-0.39, 0.29) is 0 Å². The van der Waals surface area contributed by atoms with Gasteiger partial charge in [0.25, 0.3) is 0 Å². The summed E-state index contributed by atoms with van der Waals surface area (Å²) in [5.74, 6) is 0.588. The van der Waals surface area contributed by atoms with Crippen LogP contribution in [0.5, 0.6) is 0 Å². The first-order valence-corrected chi connectivity index (χ1v) is 7.68. The van der Waals surface area contributed by atoms with Crippen LogP contribution < -0.4 is 0 Å². The lowest BCUT2D eigenvalue weighted by atomic mass is 10.1. The normalized spacial score (nSPS) is 18.3. The van der Waals surface area contributed by atoms with Crippen molar-refractivity contribution in [1.29, 1.82) is 0 Å². The first-order chi connectivity index (χ1) is 8.69. The molecule has 2 rings (SSSR count). The Balaban J connectivity index is 2.07. The van der Waals surface area contributed by atoms with Gasteiger partial charge in [-0.25, -0.2) is 15.1 Å². The maximum atomic E-state index is 10.5. The molecule has 1 aromatic rings. The van der Waals surface area contributed by atoms with E-state index in [1.54, 1.807) is 23.1 Å². The molecule has 2 heterocycles. The summed E-state index contributed by atoms with van der Waals surface area (Å²) in [6, 6.07) is 0. The molecule has 0 bridgehead atoms. The highest BCUT2D eigenvalue weighted by Crippen LogP contribution is 2.24. The van der Waals surface area contributed by atoms with Gasteiger partial charge < -0.3 is 4.90 Å². The summed E-state index contributed by atoms with van der Waals surface area (Å²) >= 11 is 3.25. The van der Waals surface area contributed by atoms with Gasteiger partial charge >= 0.3 is 0 Å². The number of amidine groups is 1. The molecule has 0 aliphatic carbocycles. The molecular formula is C10H14N4O2S2. The van der Waals surface area contributed by atoms with E-state index in [1.807, 2.05) is 17.4 Å². The van der Waals surface area contributed by atoms with Crippen molar-refractivity contribution in [2.45, 2.75) is 30.1 Å². The Morgan fingerprint density at radius 3 is 3.17 bits per heavy atom. The standard InChI is InChI=1S/C10H14N4O2S2/c1-17-10-11-6-8(18-10)7-13-5-3-2-4-9(13)12-14(15)16/h6H,2-5,7H2,1H3/b12-9+. The van der Waals surface area contributed by atoms with Crippen LogP contribution in [0.3, 0.4) is 0 Å². The summed E-state index contributed by atoms with van der Waals surface area (Å²) in [6.45, 7) is 1.50. The summed E-state index contributed by atoms with van der Waals surface area (Å²) in [7, 11) is 0. The largest absolute Gasteiger partial charge is 0.350 e. The summed E-state index contributed by atoms with van der Waals surface area (Å²) in [5, 5.41) is 13.4. The lowest BCUT2D eigenvalue weighted by Crippen LogP contribution is -2.35. The zero-order chi connectivity index (χ0) is 13.0. The molecule has 0 unspecified atom stereocenters. The molecule has 0 saturated carbocycles. The van der Waals surface area contributed by atoms with Crippen LogP contribution in [-0.2, 0) is 6.54 Å². The minimum absolute atomic E-state index is 0.588. The summed E-state index contributed by atoms with van der Waals surface area (Å²) in [5.41, 5.74) is 0. The number of nitrogens with zero attached hydrogens (tertiary/aromatic N) is 4. The second kappa shape index (κ2) is 6.14. The average molecular weight is 286 g/mol. The molecule has 0 amide bonds. The van der Waals surface area contributed by atoms with Crippen molar-refractivity contribution < 1.29 is 5.03 Å². The van der Waals surface area contributed by atoms with E-state index >= 15 is 0 Å². The topological polar surface area (TPSA) is 71.6 Å². The van der Waals surface area contributed by atoms with E-state index in [0.29, 0.717) is 18.8 Å². The number of thiazole rings is 1. The second-order valence-corrected chi connectivity index (χ2v) is 6.10. The molecular weight excluding hydrogens is 272 g/mol. The Bertz CT molecular complexity index is 460. The van der Waals surface area contributed by atoms with Crippen molar-refractivity contribution in [3.63, 3.8) is 0 Å². The lowest BCUT2D eigenvalue weighted by Gasteiger charge is -2.27. The predicted octanol–water partition coefficient (Wildman–Crippen LogP) is 2.44. The van der Waals surface area contributed by atoms with Gasteiger partial charge in [-0.2, -0.15) is 0 Å². The van der Waals surface area contributed by atoms with Crippen LogP contribution in [0.2, 0.25) is 0 Å². The Kier molecular flexibility index (Phi) is 4.54. The number of nitro groups is 1. The van der Waals surface area contributed by atoms with E-state index in [2.05, 4.69) is 10.1 Å². The average Bonchev–Trinajstić information content (AvgIpc) is 2.79. The summed E-state index contributed by atoms with van der Waals surface area (Å²) < 4.78 is 1.02. The molecule has 0 aromatic carbocycles. The first-order valence-electron chi connectivity index (χ1n) is 5.64. The van der Waals surface area contributed by atoms with E-state index in [4.69, 9.17) is 0 Å². The molecule has 6 nitrogen and oxygen atoms in total. The Morgan fingerprint density at radius 2 is 2.50 bits per heavy atom. The molecule has 1 aromatic heterocycles. The maximum absolute atomic E-state index is 10.5. The zero-order valence-electron chi connectivity index (χ0n) is 10.0. The number of hydrogen-bond acceptors (Lipinski definition) is 5. The predicted molar refractivity (Wildman–Crippen MR) is 72.6 cm³/mol. The monoisotopic (exact) mass is 286 g/mol. The quantitative estimate of drug-likeness (QED) is 0.483. The minimum Gasteiger partial charge on any atom is -0.350 e. The summed E-state index contributed by atoms with van der Waals surface area (Å²) in [6.07, 6.45) is 6.56. The van der Waals surface area contributed by atoms with Gasteiger partial charge in [0, 0.05) is 24.0 Å². The summed E-state index contributed by atoms with van der Waals surface area (Å²) in [4.78, 5) is 17.9. The van der Waals surface area contributed by atoms with Crippen LogP contribution in [-0.4, -0.2) is 33.6 Å². The second-order valence-electron chi connectivity index (χ2n) is 3.93. The Hall–Kier alpha value is -1.15. The minimum atomic E-state index is -0.604. The van der Waals surface area contributed by atoms with Crippen LogP contribution in [0.1, 0.15) is 24.1 Å². The number of aromatic nitrogens is 1. The molecule has 1 aliphatic heterocycles. The van der Waals surface area contributed by atoms with Gasteiger partial charge in [0.2, 0.25) is 0 Å². The third-order valence-corrected chi connectivity index (χ3v) is 4.68. The van der Waals surface area contributed by atoms with Gasteiger partial charge in [-0.05, 0) is 19.1 Å². The molecule has 0 radical (unpaired) electrons. The highest BCUT2D eigenvalue weighted by Gasteiger charge is 2.20. The molecule has 0 N–H and O–H groups in total. The molecule has 1 aliphatic rings. The molecule has 18 heavy (non-hydrogen) atoms.